The van der Waals surface area contributed by atoms with Gasteiger partial charge in [0.1, 0.15) is 5.69 Å². The van der Waals surface area contributed by atoms with Gasteiger partial charge >= 0.3 is 5.97 Å². The molecule has 0 saturated carbocycles. The molecule has 3 rings (SSSR count). The number of carbonyl (C=O) groups excluding carboxylic acids is 1. The lowest BCUT2D eigenvalue weighted by molar-refractivity contribution is 0.0526. The molecule has 0 N–H and O–H groups in total. The Bertz CT molecular complexity index is 844. The zero-order chi connectivity index (χ0) is 17.9. The smallest absolute Gasteiger partial charge is 0.339 e. The first-order valence-corrected chi connectivity index (χ1v) is 9.41. The molecular formula is C21H21NO2S. The molecule has 1 aliphatic heterocycles. The van der Waals surface area contributed by atoms with Crippen LogP contribution in [-0.2, 0) is 10.2 Å². The van der Waals surface area contributed by atoms with Gasteiger partial charge in [0.15, 0.2) is 0 Å². The maximum Gasteiger partial charge on any atom is 0.339 e. The van der Waals surface area contributed by atoms with E-state index in [1.807, 2.05) is 11.8 Å². The van der Waals surface area contributed by atoms with Crippen LogP contribution in [-0.4, -0.2) is 23.3 Å². The van der Waals surface area contributed by atoms with Crippen molar-refractivity contribution in [3.05, 3.63) is 58.9 Å². The number of nitrogens with zero attached hydrogens (tertiary/aromatic N) is 1. The molecule has 1 aromatic carbocycles. The van der Waals surface area contributed by atoms with Crippen LogP contribution in [0.5, 0.6) is 0 Å². The fraction of sp³-hybridized carbons (Fsp3) is 0.333. The van der Waals surface area contributed by atoms with E-state index < -0.39 is 0 Å². The molecule has 0 spiro atoms. The Labute approximate surface area is 153 Å². The molecule has 0 unspecified atom stereocenters. The highest BCUT2D eigenvalue weighted by Gasteiger charge is 2.27. The second-order valence-corrected chi connectivity index (χ2v) is 7.73. The fourth-order valence-electron chi connectivity index (χ4n) is 2.77. The minimum absolute atomic E-state index is 0.233. The second kappa shape index (κ2) is 7.33. The molecule has 128 valence electrons. The first kappa shape index (κ1) is 17.6. The second-order valence-electron chi connectivity index (χ2n) is 6.60. The van der Waals surface area contributed by atoms with Crippen LogP contribution in [0.3, 0.4) is 0 Å². The molecule has 2 aromatic rings. The summed E-state index contributed by atoms with van der Waals surface area (Å²) in [7, 11) is 0. The highest BCUT2D eigenvalue weighted by molar-refractivity contribution is 7.99. The Kier molecular flexibility index (Phi) is 5.15. The summed E-state index contributed by atoms with van der Waals surface area (Å²) in [6, 6.07) is 9.88. The number of hydrogen-bond acceptors (Lipinski definition) is 4. The molecule has 0 radical (unpaired) electrons. The number of pyridine rings is 1. The molecule has 1 aliphatic rings. The SMILES string of the molecule is CCOC(=O)c1ccc(C#Cc2ccc3c(c2)SCCC3(C)C)nc1. The van der Waals surface area contributed by atoms with Crippen LogP contribution in [0.15, 0.2) is 41.4 Å². The van der Waals surface area contributed by atoms with E-state index in [2.05, 4.69) is 48.9 Å². The van der Waals surface area contributed by atoms with E-state index in [4.69, 9.17) is 4.74 Å². The molecule has 0 atom stereocenters. The highest BCUT2D eigenvalue weighted by Crippen LogP contribution is 2.41. The summed E-state index contributed by atoms with van der Waals surface area (Å²) in [5.74, 6) is 7.02. The van der Waals surface area contributed by atoms with Gasteiger partial charge in [0.05, 0.1) is 12.2 Å². The number of fused-ring (bicyclic) bond motifs is 1. The van der Waals surface area contributed by atoms with E-state index in [-0.39, 0.29) is 11.4 Å². The minimum Gasteiger partial charge on any atom is -0.462 e. The van der Waals surface area contributed by atoms with Crippen molar-refractivity contribution >= 4 is 17.7 Å². The number of hydrogen-bond donors (Lipinski definition) is 0. The van der Waals surface area contributed by atoms with E-state index >= 15 is 0 Å². The van der Waals surface area contributed by atoms with Crippen molar-refractivity contribution in [2.45, 2.75) is 37.5 Å². The van der Waals surface area contributed by atoms with Gasteiger partial charge < -0.3 is 4.74 Å². The first-order chi connectivity index (χ1) is 12.0. The van der Waals surface area contributed by atoms with Crippen LogP contribution in [0, 0.1) is 11.8 Å². The van der Waals surface area contributed by atoms with Crippen LogP contribution in [0.2, 0.25) is 0 Å². The van der Waals surface area contributed by atoms with Gasteiger partial charge in [-0.05, 0) is 60.3 Å². The molecule has 0 bridgehead atoms. The van der Waals surface area contributed by atoms with Crippen LogP contribution in [0.25, 0.3) is 0 Å². The number of carbonyl (C=O) groups is 1. The number of rotatable bonds is 2. The zero-order valence-corrected chi connectivity index (χ0v) is 15.6. The monoisotopic (exact) mass is 351 g/mol. The van der Waals surface area contributed by atoms with Gasteiger partial charge in [-0.15, -0.1) is 11.8 Å². The molecule has 0 fully saturated rings. The van der Waals surface area contributed by atoms with E-state index in [0.717, 1.165) is 11.3 Å². The number of thioether (sulfide) groups is 1. The maximum absolute atomic E-state index is 11.6. The topological polar surface area (TPSA) is 39.2 Å². The Morgan fingerprint density at radius 3 is 2.84 bits per heavy atom. The van der Waals surface area contributed by atoms with Gasteiger partial charge in [-0.25, -0.2) is 9.78 Å². The minimum atomic E-state index is -0.358. The van der Waals surface area contributed by atoms with Crippen molar-refractivity contribution in [1.82, 2.24) is 4.98 Å². The van der Waals surface area contributed by atoms with E-state index in [9.17, 15) is 4.79 Å². The van der Waals surface area contributed by atoms with Crippen LogP contribution in [0.4, 0.5) is 0 Å². The molecule has 0 saturated heterocycles. The number of benzene rings is 1. The van der Waals surface area contributed by atoms with Crippen molar-refractivity contribution in [3.8, 4) is 11.8 Å². The summed E-state index contributed by atoms with van der Waals surface area (Å²) in [4.78, 5) is 17.2. The molecule has 0 amide bonds. The molecule has 0 aliphatic carbocycles. The molecular weight excluding hydrogens is 330 g/mol. The first-order valence-electron chi connectivity index (χ1n) is 8.42. The molecule has 3 nitrogen and oxygen atoms in total. The predicted molar refractivity (Wildman–Crippen MR) is 101 cm³/mol. The number of ether oxygens (including phenoxy) is 1. The summed E-state index contributed by atoms with van der Waals surface area (Å²) in [6.07, 6.45) is 2.71. The Morgan fingerprint density at radius 1 is 1.28 bits per heavy atom. The van der Waals surface area contributed by atoms with E-state index in [1.165, 1.54) is 23.1 Å². The lowest BCUT2D eigenvalue weighted by Crippen LogP contribution is -2.22. The van der Waals surface area contributed by atoms with Crippen LogP contribution in [0.1, 0.15) is 54.4 Å². The quantitative estimate of drug-likeness (QED) is 0.593. The Morgan fingerprint density at radius 2 is 2.12 bits per heavy atom. The van der Waals surface area contributed by atoms with E-state index in [1.54, 1.807) is 19.1 Å². The van der Waals surface area contributed by atoms with Gasteiger partial charge in [0.2, 0.25) is 0 Å². The fourth-order valence-corrected chi connectivity index (χ4v) is 4.31. The third kappa shape index (κ3) is 4.05. The lowest BCUT2D eigenvalue weighted by atomic mass is 9.81. The summed E-state index contributed by atoms with van der Waals surface area (Å²) >= 11 is 1.90. The molecule has 2 heterocycles. The molecule has 4 heteroatoms. The zero-order valence-electron chi connectivity index (χ0n) is 14.8. The Balaban J connectivity index is 1.79. The van der Waals surface area contributed by atoms with Crippen molar-refractivity contribution < 1.29 is 9.53 Å². The largest absolute Gasteiger partial charge is 0.462 e. The lowest BCUT2D eigenvalue weighted by Gasteiger charge is -2.32. The predicted octanol–water partition coefficient (Wildman–Crippen LogP) is 4.43. The van der Waals surface area contributed by atoms with Crippen molar-refractivity contribution in [2.24, 2.45) is 0 Å². The van der Waals surface area contributed by atoms with Gasteiger partial charge in [-0.3, -0.25) is 0 Å². The summed E-state index contributed by atoms with van der Waals surface area (Å²) < 4.78 is 4.95. The van der Waals surface area contributed by atoms with Gasteiger partial charge in [-0.2, -0.15) is 0 Å². The molecule has 25 heavy (non-hydrogen) atoms. The average molecular weight is 351 g/mol. The van der Waals surface area contributed by atoms with Crippen LogP contribution < -0.4 is 0 Å². The van der Waals surface area contributed by atoms with Gasteiger partial charge in [0, 0.05) is 16.7 Å². The van der Waals surface area contributed by atoms with Gasteiger partial charge in [-0.1, -0.05) is 25.8 Å². The van der Waals surface area contributed by atoms with Crippen LogP contribution >= 0.6 is 11.8 Å². The Hall–Kier alpha value is -2.25. The summed E-state index contributed by atoms with van der Waals surface area (Å²) in [5, 5.41) is 0. The maximum atomic E-state index is 11.6. The standard InChI is InChI=1S/C21H21NO2S/c1-4-24-20(23)16-7-9-17(22-14-16)8-5-15-6-10-18-19(13-15)25-12-11-21(18,2)3/h6-7,9-10,13-14H,4,11-12H2,1-3H3. The van der Waals surface area contributed by atoms with Crippen molar-refractivity contribution in [3.63, 3.8) is 0 Å². The summed E-state index contributed by atoms with van der Waals surface area (Å²) in [5.41, 5.74) is 3.71. The van der Waals surface area contributed by atoms with E-state index in [0.29, 0.717) is 17.9 Å². The summed E-state index contributed by atoms with van der Waals surface area (Å²) in [6.45, 7) is 6.73. The third-order valence-electron chi connectivity index (χ3n) is 4.30. The number of esters is 1. The molecule has 1 aromatic heterocycles. The highest BCUT2D eigenvalue weighted by atomic mass is 32.2. The number of aromatic nitrogens is 1. The van der Waals surface area contributed by atoms with Gasteiger partial charge in [0.25, 0.3) is 0 Å². The normalized spacial score (nSPS) is 14.8. The average Bonchev–Trinajstić information content (AvgIpc) is 2.60. The van der Waals surface area contributed by atoms with Crippen molar-refractivity contribution in [1.29, 1.82) is 0 Å². The third-order valence-corrected chi connectivity index (χ3v) is 5.36. The van der Waals surface area contributed by atoms with Crippen molar-refractivity contribution in [2.75, 3.05) is 12.4 Å².